The van der Waals surface area contributed by atoms with Gasteiger partial charge in [-0.1, -0.05) is 11.6 Å². The molecule has 0 aromatic carbocycles. The Bertz CT molecular complexity index is 123. The highest BCUT2D eigenvalue weighted by atomic mass is 15.3. The van der Waals surface area contributed by atoms with Crippen molar-refractivity contribution in [3.8, 4) is 0 Å². The molecule has 1 aliphatic rings. The highest BCUT2D eigenvalue weighted by Crippen LogP contribution is 2.14. The minimum atomic E-state index is 0.848. The van der Waals surface area contributed by atoms with Crippen molar-refractivity contribution in [2.45, 2.75) is 26.8 Å². The predicted octanol–water partition coefficient (Wildman–Crippen LogP) is 1.66. The molecule has 9 heavy (non-hydrogen) atoms. The summed E-state index contributed by atoms with van der Waals surface area (Å²) < 4.78 is 0. The molecule has 2 unspecified atom stereocenters. The molecule has 0 aliphatic carbocycles. The van der Waals surface area contributed by atoms with Gasteiger partial charge in [0.05, 0.1) is 0 Å². The van der Waals surface area contributed by atoms with E-state index >= 15 is 0 Å². The van der Waals surface area contributed by atoms with Gasteiger partial charge in [-0.15, -0.1) is 0 Å². The number of rotatable bonds is 2. The molecule has 1 aliphatic heterocycles. The van der Waals surface area contributed by atoms with Crippen LogP contribution in [0.1, 0.15) is 20.8 Å². The zero-order valence-electron chi connectivity index (χ0n) is 6.52. The van der Waals surface area contributed by atoms with Crippen molar-refractivity contribution in [2.24, 2.45) is 0 Å². The van der Waals surface area contributed by atoms with Crippen molar-refractivity contribution < 1.29 is 0 Å². The summed E-state index contributed by atoms with van der Waals surface area (Å²) in [7, 11) is 0. The van der Waals surface area contributed by atoms with Crippen LogP contribution < -0.4 is 0 Å². The van der Waals surface area contributed by atoms with Crippen LogP contribution in [0.2, 0.25) is 0 Å². The van der Waals surface area contributed by atoms with E-state index in [0.717, 1.165) is 12.6 Å². The second kappa shape index (κ2) is 2.53. The van der Waals surface area contributed by atoms with Crippen LogP contribution in [-0.2, 0) is 0 Å². The van der Waals surface area contributed by atoms with Crippen LogP contribution in [0, 0.1) is 0 Å². The van der Waals surface area contributed by atoms with Crippen molar-refractivity contribution in [2.75, 3.05) is 13.1 Å². The second-order valence-corrected chi connectivity index (χ2v) is 3.08. The van der Waals surface area contributed by atoms with Crippen LogP contribution in [0.15, 0.2) is 11.6 Å². The molecular weight excluding hydrogens is 110 g/mol. The summed E-state index contributed by atoms with van der Waals surface area (Å²) in [6, 6.07) is 0.848. The van der Waals surface area contributed by atoms with Crippen molar-refractivity contribution in [3.63, 3.8) is 0 Å². The molecule has 1 rings (SSSR count). The topological polar surface area (TPSA) is 3.01 Å². The second-order valence-electron chi connectivity index (χ2n) is 3.08. The quantitative estimate of drug-likeness (QED) is 0.400. The first-order valence-corrected chi connectivity index (χ1v) is 3.57. The van der Waals surface area contributed by atoms with Gasteiger partial charge in [0.25, 0.3) is 0 Å². The highest BCUT2D eigenvalue weighted by Gasteiger charge is 2.26. The Balaban J connectivity index is 2.14. The van der Waals surface area contributed by atoms with Crippen molar-refractivity contribution in [1.29, 1.82) is 0 Å². The molecule has 0 N–H and O–H groups in total. The number of allylic oxidation sites excluding steroid dienone is 1. The molecule has 0 bridgehead atoms. The average molecular weight is 125 g/mol. The molecule has 1 heteroatoms. The van der Waals surface area contributed by atoms with E-state index in [0.29, 0.717) is 0 Å². The Kier molecular flexibility index (Phi) is 1.91. The van der Waals surface area contributed by atoms with Gasteiger partial charge in [0.15, 0.2) is 0 Å². The summed E-state index contributed by atoms with van der Waals surface area (Å²) in [4.78, 5) is 2.44. The Morgan fingerprint density at radius 2 is 2.22 bits per heavy atom. The zero-order chi connectivity index (χ0) is 6.85. The summed E-state index contributed by atoms with van der Waals surface area (Å²) in [6.45, 7) is 9.01. The Labute approximate surface area is 57.4 Å². The molecule has 1 fully saturated rings. The third-order valence-electron chi connectivity index (χ3n) is 1.72. The van der Waals surface area contributed by atoms with Gasteiger partial charge in [-0.3, -0.25) is 4.90 Å². The van der Waals surface area contributed by atoms with E-state index in [2.05, 4.69) is 31.7 Å². The molecule has 0 aromatic heterocycles. The van der Waals surface area contributed by atoms with Gasteiger partial charge >= 0.3 is 0 Å². The third-order valence-corrected chi connectivity index (χ3v) is 1.72. The van der Waals surface area contributed by atoms with Crippen molar-refractivity contribution in [1.82, 2.24) is 4.90 Å². The standard InChI is InChI=1S/C8H15N/c1-7(2)4-5-9-6-8(9)3/h4,8H,5-6H2,1-3H3. The van der Waals surface area contributed by atoms with Gasteiger partial charge < -0.3 is 0 Å². The molecule has 1 nitrogen and oxygen atoms in total. The molecule has 0 saturated carbocycles. The van der Waals surface area contributed by atoms with Gasteiger partial charge in [0, 0.05) is 19.1 Å². The average Bonchev–Trinajstić information content (AvgIpc) is 2.42. The third kappa shape index (κ3) is 2.19. The van der Waals surface area contributed by atoms with E-state index < -0.39 is 0 Å². The lowest BCUT2D eigenvalue weighted by molar-refractivity contribution is 0.577. The van der Waals surface area contributed by atoms with Crippen LogP contribution >= 0.6 is 0 Å². The smallest absolute Gasteiger partial charge is 0.0199 e. The van der Waals surface area contributed by atoms with E-state index in [4.69, 9.17) is 0 Å². The largest absolute Gasteiger partial charge is 0.294 e. The normalized spacial score (nSPS) is 31.9. The lowest BCUT2D eigenvalue weighted by Crippen LogP contribution is -1.98. The Morgan fingerprint density at radius 1 is 1.67 bits per heavy atom. The molecule has 1 saturated heterocycles. The first kappa shape index (κ1) is 6.81. The fourth-order valence-electron chi connectivity index (χ4n) is 0.847. The fourth-order valence-corrected chi connectivity index (χ4v) is 0.847. The van der Waals surface area contributed by atoms with E-state index in [-0.39, 0.29) is 0 Å². The Hall–Kier alpha value is -0.300. The first-order chi connectivity index (χ1) is 4.20. The lowest BCUT2D eigenvalue weighted by Gasteiger charge is -1.94. The predicted molar refractivity (Wildman–Crippen MR) is 40.5 cm³/mol. The number of nitrogens with zero attached hydrogens (tertiary/aromatic N) is 1. The molecule has 0 aromatic rings. The molecule has 0 amide bonds. The summed E-state index contributed by atoms with van der Waals surface area (Å²) >= 11 is 0. The number of hydrogen-bond donors (Lipinski definition) is 0. The number of hydrogen-bond acceptors (Lipinski definition) is 1. The van der Waals surface area contributed by atoms with Gasteiger partial charge in [-0.25, -0.2) is 0 Å². The van der Waals surface area contributed by atoms with Crippen LogP contribution in [0.4, 0.5) is 0 Å². The van der Waals surface area contributed by atoms with Gasteiger partial charge in [-0.05, 0) is 20.8 Å². The molecule has 0 spiro atoms. The van der Waals surface area contributed by atoms with E-state index in [1.54, 1.807) is 0 Å². The van der Waals surface area contributed by atoms with Gasteiger partial charge in [-0.2, -0.15) is 0 Å². The van der Waals surface area contributed by atoms with Crippen LogP contribution in [0.25, 0.3) is 0 Å². The summed E-state index contributed by atoms with van der Waals surface area (Å²) in [5.74, 6) is 0. The van der Waals surface area contributed by atoms with Crippen LogP contribution in [-0.4, -0.2) is 24.0 Å². The minimum Gasteiger partial charge on any atom is -0.294 e. The maximum Gasteiger partial charge on any atom is 0.0199 e. The molecule has 2 atom stereocenters. The maximum absolute atomic E-state index is 2.44. The summed E-state index contributed by atoms with van der Waals surface area (Å²) in [5.41, 5.74) is 1.43. The minimum absolute atomic E-state index is 0.848. The molecular formula is C8H15N. The maximum atomic E-state index is 2.44. The fraction of sp³-hybridized carbons (Fsp3) is 0.750. The highest BCUT2D eigenvalue weighted by molar-refractivity contribution is 4.99. The first-order valence-electron chi connectivity index (χ1n) is 3.57. The van der Waals surface area contributed by atoms with Gasteiger partial charge in [0.2, 0.25) is 0 Å². The van der Waals surface area contributed by atoms with E-state index in [1.807, 2.05) is 0 Å². The van der Waals surface area contributed by atoms with Crippen LogP contribution in [0.5, 0.6) is 0 Å². The van der Waals surface area contributed by atoms with E-state index in [9.17, 15) is 0 Å². The molecule has 52 valence electrons. The Morgan fingerprint density at radius 3 is 2.56 bits per heavy atom. The summed E-state index contributed by atoms with van der Waals surface area (Å²) in [5, 5.41) is 0. The lowest BCUT2D eigenvalue weighted by atomic mass is 10.3. The summed E-state index contributed by atoms with van der Waals surface area (Å²) in [6.07, 6.45) is 2.28. The van der Waals surface area contributed by atoms with Crippen LogP contribution in [0.3, 0.4) is 0 Å². The SMILES string of the molecule is CC(C)=CCN1CC1C. The van der Waals surface area contributed by atoms with Crippen molar-refractivity contribution in [3.05, 3.63) is 11.6 Å². The monoisotopic (exact) mass is 125 g/mol. The van der Waals surface area contributed by atoms with E-state index in [1.165, 1.54) is 12.1 Å². The zero-order valence-corrected chi connectivity index (χ0v) is 6.52. The molecule has 1 heterocycles. The van der Waals surface area contributed by atoms with Gasteiger partial charge in [0.1, 0.15) is 0 Å². The molecule has 0 radical (unpaired) electrons. The van der Waals surface area contributed by atoms with Crippen molar-refractivity contribution >= 4 is 0 Å².